The molecular formula is C31H44N4O3. The van der Waals surface area contributed by atoms with E-state index in [1.807, 2.05) is 6.07 Å². The van der Waals surface area contributed by atoms with Gasteiger partial charge in [0.2, 0.25) is 5.91 Å². The Balaban J connectivity index is 1.20. The zero-order valence-corrected chi connectivity index (χ0v) is 23.7. The van der Waals surface area contributed by atoms with Gasteiger partial charge in [-0.3, -0.25) is 14.9 Å². The Morgan fingerprint density at radius 2 is 1.68 bits per heavy atom. The number of piperidine rings is 1. The maximum atomic E-state index is 13.2. The van der Waals surface area contributed by atoms with Gasteiger partial charge in [-0.2, -0.15) is 0 Å². The maximum absolute atomic E-state index is 13.2. The molecule has 2 fully saturated rings. The number of benzene rings is 2. The first-order chi connectivity index (χ1) is 17.9. The zero-order chi connectivity index (χ0) is 27.5. The quantitative estimate of drug-likeness (QED) is 0.317. The van der Waals surface area contributed by atoms with Gasteiger partial charge in [0.05, 0.1) is 4.92 Å². The third-order valence-electron chi connectivity index (χ3n) is 8.68. The van der Waals surface area contributed by atoms with E-state index in [0.29, 0.717) is 17.5 Å². The van der Waals surface area contributed by atoms with Crippen LogP contribution < -0.4 is 15.5 Å². The van der Waals surface area contributed by atoms with Gasteiger partial charge in [0, 0.05) is 54.1 Å². The van der Waals surface area contributed by atoms with E-state index in [0.717, 1.165) is 63.8 Å². The Kier molecular flexibility index (Phi) is 8.34. The highest BCUT2D eigenvalue weighted by Crippen LogP contribution is 2.35. The van der Waals surface area contributed by atoms with E-state index >= 15 is 0 Å². The fourth-order valence-corrected chi connectivity index (χ4v) is 5.80. The summed E-state index contributed by atoms with van der Waals surface area (Å²) in [5.41, 5.74) is 4.20. The molecule has 0 atom stereocenters. The van der Waals surface area contributed by atoms with Crippen LogP contribution >= 0.6 is 0 Å². The van der Waals surface area contributed by atoms with Crippen molar-refractivity contribution in [3.8, 4) is 0 Å². The largest absolute Gasteiger partial charge is 0.382 e. The second kappa shape index (κ2) is 11.3. The van der Waals surface area contributed by atoms with Gasteiger partial charge in [0.15, 0.2) is 0 Å². The summed E-state index contributed by atoms with van der Waals surface area (Å²) < 4.78 is 0. The van der Waals surface area contributed by atoms with E-state index in [1.54, 1.807) is 19.1 Å². The highest BCUT2D eigenvalue weighted by Gasteiger charge is 2.37. The van der Waals surface area contributed by atoms with E-state index in [4.69, 9.17) is 0 Å². The van der Waals surface area contributed by atoms with Crippen LogP contribution in [0.5, 0.6) is 0 Å². The topological polar surface area (TPSA) is 87.5 Å². The van der Waals surface area contributed by atoms with Crippen LogP contribution in [-0.4, -0.2) is 36.5 Å². The highest BCUT2D eigenvalue weighted by atomic mass is 16.6. The van der Waals surface area contributed by atoms with Gasteiger partial charge in [0.25, 0.3) is 5.69 Å². The van der Waals surface area contributed by atoms with Crippen molar-refractivity contribution in [2.45, 2.75) is 84.6 Å². The lowest BCUT2D eigenvalue weighted by Gasteiger charge is -2.40. The van der Waals surface area contributed by atoms with Gasteiger partial charge < -0.3 is 15.5 Å². The smallest absolute Gasteiger partial charge is 0.272 e. The van der Waals surface area contributed by atoms with E-state index in [-0.39, 0.29) is 27.3 Å². The third-order valence-corrected chi connectivity index (χ3v) is 8.68. The number of aryl methyl sites for hydroxylation is 1. The normalized spacial score (nSPS) is 21.6. The van der Waals surface area contributed by atoms with Crippen molar-refractivity contribution in [2.24, 2.45) is 11.3 Å². The van der Waals surface area contributed by atoms with Crippen molar-refractivity contribution in [1.29, 1.82) is 0 Å². The highest BCUT2D eigenvalue weighted by molar-refractivity contribution is 5.82. The monoisotopic (exact) mass is 520 g/mol. The molecule has 0 spiro atoms. The van der Waals surface area contributed by atoms with Gasteiger partial charge in [-0.05, 0) is 86.6 Å². The number of nitro benzene ring substituents is 1. The van der Waals surface area contributed by atoms with Crippen LogP contribution in [0.4, 0.5) is 17.1 Å². The standard InChI is InChI=1S/C31H44N4O3/c1-22-20-26(12-15-28(22)35(37)38)33-25-10-6-23(7-11-25)21-32-29(36)31(5)16-18-34(19-17-31)27-13-8-24(9-14-27)30(2,3)4/h8-9,12-15,20,23,25,33H,6-7,10-11,16-19,21H2,1-5H3,(H,32,36). The minimum Gasteiger partial charge on any atom is -0.382 e. The molecule has 2 N–H and O–H groups in total. The number of amides is 1. The molecule has 206 valence electrons. The number of nitro groups is 1. The molecule has 1 amide bonds. The van der Waals surface area contributed by atoms with Crippen LogP contribution in [0, 0.1) is 28.4 Å². The molecular weight excluding hydrogens is 476 g/mol. The molecule has 2 aromatic rings. The minimum absolute atomic E-state index is 0.152. The van der Waals surface area contributed by atoms with Crippen LogP contribution in [0.1, 0.15) is 77.3 Å². The van der Waals surface area contributed by atoms with Crippen LogP contribution in [-0.2, 0) is 10.2 Å². The summed E-state index contributed by atoms with van der Waals surface area (Å²) in [5.74, 6) is 0.697. The summed E-state index contributed by atoms with van der Waals surface area (Å²) in [7, 11) is 0. The Labute approximate surface area is 227 Å². The summed E-state index contributed by atoms with van der Waals surface area (Å²) in [5, 5.41) is 17.9. The predicted molar refractivity (Wildman–Crippen MR) is 155 cm³/mol. The van der Waals surface area contributed by atoms with E-state index in [9.17, 15) is 14.9 Å². The molecule has 4 rings (SSSR count). The van der Waals surface area contributed by atoms with Crippen molar-refractivity contribution in [3.63, 3.8) is 0 Å². The molecule has 2 aliphatic rings. The Hall–Kier alpha value is -3.09. The lowest BCUT2D eigenvalue weighted by atomic mass is 9.79. The second-order valence-corrected chi connectivity index (χ2v) is 12.7. The molecule has 7 nitrogen and oxygen atoms in total. The summed E-state index contributed by atoms with van der Waals surface area (Å²) in [4.78, 5) is 26.3. The number of hydrogen-bond donors (Lipinski definition) is 2. The van der Waals surface area contributed by atoms with E-state index < -0.39 is 0 Å². The fraction of sp³-hybridized carbons (Fsp3) is 0.581. The maximum Gasteiger partial charge on any atom is 0.272 e. The summed E-state index contributed by atoms with van der Waals surface area (Å²) in [6.45, 7) is 13.1. The van der Waals surface area contributed by atoms with Gasteiger partial charge in [-0.15, -0.1) is 0 Å². The first-order valence-electron chi connectivity index (χ1n) is 14.1. The number of rotatable bonds is 7. The molecule has 0 unspecified atom stereocenters. The number of carbonyl (C=O) groups excluding carboxylic acids is 1. The SMILES string of the molecule is Cc1cc(NC2CCC(CNC(=O)C3(C)CCN(c4ccc(C(C)(C)C)cc4)CC3)CC2)ccc1[N+](=O)[O-]. The van der Waals surface area contributed by atoms with Crippen LogP contribution in [0.15, 0.2) is 42.5 Å². The van der Waals surface area contributed by atoms with Crippen LogP contribution in [0.3, 0.4) is 0 Å². The van der Waals surface area contributed by atoms with E-state index in [2.05, 4.69) is 67.5 Å². The first kappa shape index (κ1) is 27.9. The number of carbonyl (C=O) groups is 1. The molecule has 7 heteroatoms. The lowest BCUT2D eigenvalue weighted by Crippen LogP contribution is -2.48. The van der Waals surface area contributed by atoms with Gasteiger partial charge in [-0.1, -0.05) is 39.8 Å². The van der Waals surface area contributed by atoms with Gasteiger partial charge >= 0.3 is 0 Å². The summed E-state index contributed by atoms with van der Waals surface area (Å²) in [6.07, 6.45) is 5.95. The Morgan fingerprint density at radius 1 is 1.05 bits per heavy atom. The average molecular weight is 521 g/mol. The number of anilines is 2. The Morgan fingerprint density at radius 3 is 2.24 bits per heavy atom. The molecule has 0 bridgehead atoms. The molecule has 2 aromatic carbocycles. The molecule has 1 aliphatic heterocycles. The van der Waals surface area contributed by atoms with Crippen LogP contribution in [0.2, 0.25) is 0 Å². The van der Waals surface area contributed by atoms with Crippen molar-refractivity contribution in [3.05, 3.63) is 63.7 Å². The van der Waals surface area contributed by atoms with Crippen molar-refractivity contribution < 1.29 is 9.72 Å². The van der Waals surface area contributed by atoms with Gasteiger partial charge in [0.1, 0.15) is 0 Å². The van der Waals surface area contributed by atoms with Crippen LogP contribution in [0.25, 0.3) is 0 Å². The third kappa shape index (κ3) is 6.66. The fourth-order valence-electron chi connectivity index (χ4n) is 5.80. The van der Waals surface area contributed by atoms with E-state index in [1.165, 1.54) is 11.3 Å². The first-order valence-corrected chi connectivity index (χ1v) is 14.1. The van der Waals surface area contributed by atoms with Crippen molar-refractivity contribution >= 4 is 23.0 Å². The molecule has 1 saturated carbocycles. The number of hydrogen-bond acceptors (Lipinski definition) is 5. The summed E-state index contributed by atoms with van der Waals surface area (Å²) >= 11 is 0. The van der Waals surface area contributed by atoms with Gasteiger partial charge in [-0.25, -0.2) is 0 Å². The average Bonchev–Trinajstić information content (AvgIpc) is 2.88. The summed E-state index contributed by atoms with van der Waals surface area (Å²) in [6, 6.07) is 14.5. The second-order valence-electron chi connectivity index (χ2n) is 12.7. The molecule has 38 heavy (non-hydrogen) atoms. The molecule has 1 aliphatic carbocycles. The molecule has 0 radical (unpaired) electrons. The molecule has 0 aromatic heterocycles. The van der Waals surface area contributed by atoms with Crippen molar-refractivity contribution in [1.82, 2.24) is 5.32 Å². The molecule has 1 saturated heterocycles. The zero-order valence-electron chi connectivity index (χ0n) is 23.7. The number of nitrogens with one attached hydrogen (secondary N) is 2. The lowest BCUT2D eigenvalue weighted by molar-refractivity contribution is -0.385. The number of nitrogens with zero attached hydrogens (tertiary/aromatic N) is 2. The van der Waals surface area contributed by atoms with Crippen molar-refractivity contribution in [2.75, 3.05) is 29.9 Å². The molecule has 1 heterocycles. The Bertz CT molecular complexity index is 1120. The minimum atomic E-state index is -0.339. The predicted octanol–water partition coefficient (Wildman–Crippen LogP) is 6.59.